The standard InChI is InChI=1S/C16H15N3O/c1-18-16(20)12-2-7-15-11(10-12)8-9-19(15)14-5-3-13(17)4-6-14/h2-10H,17H2,1H3,(H,18,20). The van der Waals surface area contributed by atoms with Gasteiger partial charge in [0.25, 0.3) is 5.91 Å². The Labute approximate surface area is 116 Å². The molecule has 1 amide bonds. The molecule has 4 nitrogen and oxygen atoms in total. The van der Waals surface area contributed by atoms with Gasteiger partial charge in [-0.1, -0.05) is 0 Å². The van der Waals surface area contributed by atoms with Gasteiger partial charge in [-0.25, -0.2) is 0 Å². The average molecular weight is 265 g/mol. The molecule has 4 heteroatoms. The molecule has 0 saturated heterocycles. The van der Waals surface area contributed by atoms with Crippen LogP contribution < -0.4 is 11.1 Å². The fourth-order valence-corrected chi connectivity index (χ4v) is 2.29. The van der Waals surface area contributed by atoms with Crippen LogP contribution in [0.4, 0.5) is 5.69 Å². The van der Waals surface area contributed by atoms with E-state index in [0.29, 0.717) is 5.56 Å². The summed E-state index contributed by atoms with van der Waals surface area (Å²) < 4.78 is 2.07. The lowest BCUT2D eigenvalue weighted by Crippen LogP contribution is -2.17. The van der Waals surface area contributed by atoms with Gasteiger partial charge < -0.3 is 15.6 Å². The molecule has 100 valence electrons. The number of rotatable bonds is 2. The average Bonchev–Trinajstić information content (AvgIpc) is 2.90. The molecule has 2 aromatic carbocycles. The minimum Gasteiger partial charge on any atom is -0.399 e. The lowest BCUT2D eigenvalue weighted by molar-refractivity contribution is 0.0963. The number of anilines is 1. The second-order valence-electron chi connectivity index (χ2n) is 4.63. The monoisotopic (exact) mass is 265 g/mol. The molecule has 0 radical (unpaired) electrons. The maximum atomic E-state index is 11.6. The van der Waals surface area contributed by atoms with Crippen LogP contribution in [0.1, 0.15) is 10.4 Å². The van der Waals surface area contributed by atoms with E-state index in [1.54, 1.807) is 7.05 Å². The summed E-state index contributed by atoms with van der Waals surface area (Å²) in [6.45, 7) is 0. The summed E-state index contributed by atoms with van der Waals surface area (Å²) in [5.41, 5.74) is 9.21. The van der Waals surface area contributed by atoms with E-state index < -0.39 is 0 Å². The minimum atomic E-state index is -0.0767. The number of carbonyl (C=O) groups is 1. The molecule has 20 heavy (non-hydrogen) atoms. The Kier molecular flexibility index (Phi) is 2.91. The van der Waals surface area contributed by atoms with Crippen molar-refractivity contribution in [1.82, 2.24) is 9.88 Å². The number of amides is 1. The highest BCUT2D eigenvalue weighted by Crippen LogP contribution is 2.22. The summed E-state index contributed by atoms with van der Waals surface area (Å²) in [6.07, 6.45) is 1.99. The van der Waals surface area contributed by atoms with Crippen molar-refractivity contribution in [2.75, 3.05) is 12.8 Å². The summed E-state index contributed by atoms with van der Waals surface area (Å²) in [5.74, 6) is -0.0767. The second kappa shape index (κ2) is 4.74. The highest BCUT2D eigenvalue weighted by atomic mass is 16.1. The summed E-state index contributed by atoms with van der Waals surface area (Å²) in [6, 6.07) is 15.4. The van der Waals surface area contributed by atoms with E-state index >= 15 is 0 Å². The van der Waals surface area contributed by atoms with E-state index in [4.69, 9.17) is 5.73 Å². The topological polar surface area (TPSA) is 60.0 Å². The molecule has 0 spiro atoms. The molecule has 0 aliphatic rings. The Hall–Kier alpha value is -2.75. The molecule has 3 rings (SSSR count). The molecule has 3 aromatic rings. The quantitative estimate of drug-likeness (QED) is 0.700. The van der Waals surface area contributed by atoms with Crippen LogP contribution in [0.2, 0.25) is 0 Å². The van der Waals surface area contributed by atoms with Gasteiger partial charge in [0.15, 0.2) is 0 Å². The molecule has 0 atom stereocenters. The molecule has 1 heterocycles. The number of fused-ring (bicyclic) bond motifs is 1. The van der Waals surface area contributed by atoms with Crippen molar-refractivity contribution in [3.8, 4) is 5.69 Å². The van der Waals surface area contributed by atoms with Crippen LogP contribution in [-0.4, -0.2) is 17.5 Å². The van der Waals surface area contributed by atoms with E-state index in [9.17, 15) is 4.79 Å². The van der Waals surface area contributed by atoms with Crippen molar-refractivity contribution in [3.05, 3.63) is 60.3 Å². The van der Waals surface area contributed by atoms with Crippen LogP contribution in [0.3, 0.4) is 0 Å². The molecule has 0 fully saturated rings. The molecule has 0 aliphatic heterocycles. The minimum absolute atomic E-state index is 0.0767. The third-order valence-corrected chi connectivity index (χ3v) is 3.35. The fourth-order valence-electron chi connectivity index (χ4n) is 2.29. The zero-order valence-electron chi connectivity index (χ0n) is 11.1. The normalized spacial score (nSPS) is 10.7. The largest absolute Gasteiger partial charge is 0.399 e. The first-order chi connectivity index (χ1) is 9.69. The maximum Gasteiger partial charge on any atom is 0.251 e. The number of nitrogens with one attached hydrogen (secondary N) is 1. The first kappa shape index (κ1) is 12.3. The Balaban J connectivity index is 2.10. The van der Waals surface area contributed by atoms with E-state index in [0.717, 1.165) is 22.3 Å². The van der Waals surface area contributed by atoms with Gasteiger partial charge in [-0.05, 0) is 48.5 Å². The molecule has 0 bridgehead atoms. The molecular weight excluding hydrogens is 250 g/mol. The third-order valence-electron chi connectivity index (χ3n) is 3.35. The number of nitrogen functional groups attached to an aromatic ring is 1. The number of benzene rings is 2. The second-order valence-corrected chi connectivity index (χ2v) is 4.63. The number of hydrogen-bond acceptors (Lipinski definition) is 2. The first-order valence-electron chi connectivity index (χ1n) is 6.38. The maximum absolute atomic E-state index is 11.6. The lowest BCUT2D eigenvalue weighted by atomic mass is 10.1. The molecule has 0 saturated carbocycles. The predicted molar refractivity (Wildman–Crippen MR) is 81.1 cm³/mol. The fraction of sp³-hybridized carbons (Fsp3) is 0.0625. The predicted octanol–water partition coefficient (Wildman–Crippen LogP) is 2.57. The van der Waals surface area contributed by atoms with Gasteiger partial charge in [0, 0.05) is 35.6 Å². The summed E-state index contributed by atoms with van der Waals surface area (Å²) >= 11 is 0. The van der Waals surface area contributed by atoms with Gasteiger partial charge in [0.1, 0.15) is 0 Å². The van der Waals surface area contributed by atoms with Crippen molar-refractivity contribution in [1.29, 1.82) is 0 Å². The SMILES string of the molecule is CNC(=O)c1ccc2c(ccn2-c2ccc(N)cc2)c1. The lowest BCUT2D eigenvalue weighted by Gasteiger charge is -2.06. The number of hydrogen-bond donors (Lipinski definition) is 2. The highest BCUT2D eigenvalue weighted by molar-refractivity contribution is 5.98. The van der Waals surface area contributed by atoms with E-state index in [1.807, 2.05) is 54.7 Å². The molecular formula is C16H15N3O. The Bertz CT molecular complexity index is 772. The van der Waals surface area contributed by atoms with Crippen molar-refractivity contribution < 1.29 is 4.79 Å². The van der Waals surface area contributed by atoms with Gasteiger partial charge in [-0.15, -0.1) is 0 Å². The van der Waals surface area contributed by atoms with Crippen LogP contribution in [0.15, 0.2) is 54.7 Å². The van der Waals surface area contributed by atoms with Crippen LogP contribution in [0, 0.1) is 0 Å². The smallest absolute Gasteiger partial charge is 0.251 e. The number of carbonyl (C=O) groups excluding carboxylic acids is 1. The number of aromatic nitrogens is 1. The van der Waals surface area contributed by atoms with Crippen LogP contribution in [0.5, 0.6) is 0 Å². The summed E-state index contributed by atoms with van der Waals surface area (Å²) in [4.78, 5) is 11.6. The molecule has 0 aliphatic carbocycles. The van der Waals surface area contributed by atoms with Crippen LogP contribution >= 0.6 is 0 Å². The first-order valence-corrected chi connectivity index (χ1v) is 6.38. The molecule has 0 unspecified atom stereocenters. The Morgan fingerprint density at radius 3 is 2.55 bits per heavy atom. The van der Waals surface area contributed by atoms with E-state index in [2.05, 4.69) is 9.88 Å². The number of nitrogens with zero attached hydrogens (tertiary/aromatic N) is 1. The number of nitrogens with two attached hydrogens (primary N) is 1. The Morgan fingerprint density at radius 2 is 1.85 bits per heavy atom. The van der Waals surface area contributed by atoms with Crippen molar-refractivity contribution >= 4 is 22.5 Å². The summed E-state index contributed by atoms with van der Waals surface area (Å²) in [5, 5.41) is 3.66. The molecule has 1 aromatic heterocycles. The van der Waals surface area contributed by atoms with Crippen molar-refractivity contribution in [2.24, 2.45) is 0 Å². The van der Waals surface area contributed by atoms with Gasteiger partial charge in [0.2, 0.25) is 0 Å². The third kappa shape index (κ3) is 2.01. The van der Waals surface area contributed by atoms with Gasteiger partial charge in [-0.2, -0.15) is 0 Å². The van der Waals surface area contributed by atoms with Gasteiger partial charge in [-0.3, -0.25) is 4.79 Å². The van der Waals surface area contributed by atoms with Crippen molar-refractivity contribution in [3.63, 3.8) is 0 Å². The van der Waals surface area contributed by atoms with Crippen LogP contribution in [0.25, 0.3) is 16.6 Å². The van der Waals surface area contributed by atoms with Crippen molar-refractivity contribution in [2.45, 2.75) is 0 Å². The van der Waals surface area contributed by atoms with Gasteiger partial charge in [0.05, 0.1) is 5.52 Å². The summed E-state index contributed by atoms with van der Waals surface area (Å²) in [7, 11) is 1.63. The highest BCUT2D eigenvalue weighted by Gasteiger charge is 2.07. The Morgan fingerprint density at radius 1 is 1.10 bits per heavy atom. The molecule has 3 N–H and O–H groups in total. The zero-order valence-corrected chi connectivity index (χ0v) is 11.1. The van der Waals surface area contributed by atoms with Gasteiger partial charge >= 0.3 is 0 Å². The van der Waals surface area contributed by atoms with E-state index in [-0.39, 0.29) is 5.91 Å². The van der Waals surface area contributed by atoms with Crippen LogP contribution in [-0.2, 0) is 0 Å². The zero-order chi connectivity index (χ0) is 14.1. The van der Waals surface area contributed by atoms with E-state index in [1.165, 1.54) is 0 Å².